The second-order valence-corrected chi connectivity index (χ2v) is 5.16. The number of amides is 1. The molecule has 0 aromatic heterocycles. The third-order valence-corrected chi connectivity index (χ3v) is 3.62. The molecule has 1 atom stereocenters. The summed E-state index contributed by atoms with van der Waals surface area (Å²) in [7, 11) is 1.32. The third-order valence-electron chi connectivity index (χ3n) is 2.93. The zero-order valence-electron chi connectivity index (χ0n) is 10.9. The van der Waals surface area contributed by atoms with Gasteiger partial charge in [0.15, 0.2) is 0 Å². The predicted molar refractivity (Wildman–Crippen MR) is 76.2 cm³/mol. The van der Waals surface area contributed by atoms with Gasteiger partial charge in [-0.3, -0.25) is 15.6 Å². The molecule has 2 rings (SSSR count). The van der Waals surface area contributed by atoms with Crippen LogP contribution in [0.3, 0.4) is 0 Å². The second kappa shape index (κ2) is 6.71. The van der Waals surface area contributed by atoms with E-state index in [1.807, 2.05) is 0 Å². The first kappa shape index (κ1) is 14.8. The highest BCUT2D eigenvalue weighted by atomic mass is 79.9. The van der Waals surface area contributed by atoms with Crippen LogP contribution in [0.15, 0.2) is 22.7 Å². The van der Waals surface area contributed by atoms with E-state index in [-0.39, 0.29) is 5.91 Å². The minimum atomic E-state index is -0.439. The SMILES string of the molecule is COC(=O)c1ccc(Br)c(NNC(=O)[C@H]2CCCO2)c1. The van der Waals surface area contributed by atoms with Crippen molar-refractivity contribution >= 4 is 33.5 Å². The molecule has 2 N–H and O–H groups in total. The third kappa shape index (κ3) is 3.49. The van der Waals surface area contributed by atoms with Crippen molar-refractivity contribution in [2.45, 2.75) is 18.9 Å². The number of ether oxygens (including phenoxy) is 2. The van der Waals surface area contributed by atoms with Gasteiger partial charge in [-0.15, -0.1) is 0 Å². The summed E-state index contributed by atoms with van der Waals surface area (Å²) in [4.78, 5) is 23.3. The molecule has 0 saturated carbocycles. The maximum Gasteiger partial charge on any atom is 0.337 e. The molecular formula is C13H15BrN2O4. The molecule has 1 aromatic carbocycles. The van der Waals surface area contributed by atoms with Crippen LogP contribution in [-0.2, 0) is 14.3 Å². The lowest BCUT2D eigenvalue weighted by Gasteiger charge is -2.14. The van der Waals surface area contributed by atoms with Gasteiger partial charge in [0.05, 0.1) is 18.4 Å². The Morgan fingerprint density at radius 2 is 2.25 bits per heavy atom. The van der Waals surface area contributed by atoms with Gasteiger partial charge < -0.3 is 9.47 Å². The molecule has 0 unspecified atom stereocenters. The average molecular weight is 343 g/mol. The Morgan fingerprint density at radius 1 is 1.45 bits per heavy atom. The largest absolute Gasteiger partial charge is 0.465 e. The number of carbonyl (C=O) groups is 2. The normalized spacial score (nSPS) is 17.6. The number of halogens is 1. The van der Waals surface area contributed by atoms with Crippen molar-refractivity contribution in [1.29, 1.82) is 0 Å². The molecule has 0 spiro atoms. The lowest BCUT2D eigenvalue weighted by atomic mass is 10.2. The summed E-state index contributed by atoms with van der Waals surface area (Å²) in [5.74, 6) is -0.663. The summed E-state index contributed by atoms with van der Waals surface area (Å²) in [6, 6.07) is 4.92. The van der Waals surface area contributed by atoms with Crippen molar-refractivity contribution < 1.29 is 19.1 Å². The molecule has 1 aliphatic rings. The molecule has 7 heteroatoms. The molecule has 1 aliphatic heterocycles. The number of benzene rings is 1. The first-order valence-corrected chi connectivity index (χ1v) is 6.96. The molecule has 1 aromatic rings. The fourth-order valence-corrected chi connectivity index (χ4v) is 2.21. The average Bonchev–Trinajstić information content (AvgIpc) is 2.99. The number of esters is 1. The van der Waals surface area contributed by atoms with Crippen LogP contribution in [0.25, 0.3) is 0 Å². The first-order chi connectivity index (χ1) is 9.61. The summed E-state index contributed by atoms with van der Waals surface area (Å²) in [6.45, 7) is 0.611. The van der Waals surface area contributed by atoms with Gasteiger partial charge in [0.1, 0.15) is 6.10 Å². The van der Waals surface area contributed by atoms with E-state index >= 15 is 0 Å². The maximum absolute atomic E-state index is 11.8. The molecule has 0 bridgehead atoms. The van der Waals surface area contributed by atoms with Crippen LogP contribution in [0.4, 0.5) is 5.69 Å². The molecule has 0 radical (unpaired) electrons. The van der Waals surface area contributed by atoms with Gasteiger partial charge in [-0.1, -0.05) is 0 Å². The number of anilines is 1. The first-order valence-electron chi connectivity index (χ1n) is 6.17. The van der Waals surface area contributed by atoms with Gasteiger partial charge in [-0.25, -0.2) is 4.79 Å². The molecule has 108 valence electrons. The summed E-state index contributed by atoms with van der Waals surface area (Å²) >= 11 is 3.34. The number of hydrazine groups is 1. The zero-order chi connectivity index (χ0) is 14.5. The fourth-order valence-electron chi connectivity index (χ4n) is 1.86. The van der Waals surface area contributed by atoms with Gasteiger partial charge >= 0.3 is 5.97 Å². The number of methoxy groups -OCH3 is 1. The number of carbonyl (C=O) groups excluding carboxylic acids is 2. The molecule has 1 heterocycles. The van der Waals surface area contributed by atoms with Crippen molar-refractivity contribution in [1.82, 2.24) is 5.43 Å². The minimum absolute atomic E-state index is 0.224. The molecule has 0 aliphatic carbocycles. The molecule has 1 amide bonds. The zero-order valence-corrected chi connectivity index (χ0v) is 12.5. The molecular weight excluding hydrogens is 328 g/mol. The standard InChI is InChI=1S/C13H15BrN2O4/c1-19-13(18)8-4-5-9(14)10(7-8)15-16-12(17)11-3-2-6-20-11/h4-5,7,11,15H,2-3,6H2,1H3,(H,16,17)/t11-/m1/s1. The Bertz CT molecular complexity index is 515. The van der Waals surface area contributed by atoms with Crippen LogP contribution in [-0.4, -0.2) is 31.7 Å². The van der Waals surface area contributed by atoms with E-state index < -0.39 is 12.1 Å². The Kier molecular flexibility index (Phi) is 4.97. The summed E-state index contributed by atoms with van der Waals surface area (Å²) < 4.78 is 10.6. The van der Waals surface area contributed by atoms with Crippen molar-refractivity contribution in [2.24, 2.45) is 0 Å². The highest BCUT2D eigenvalue weighted by molar-refractivity contribution is 9.10. The molecule has 20 heavy (non-hydrogen) atoms. The van der Waals surface area contributed by atoms with E-state index in [1.165, 1.54) is 7.11 Å². The van der Waals surface area contributed by atoms with Gasteiger partial charge in [-0.05, 0) is 47.0 Å². The minimum Gasteiger partial charge on any atom is -0.465 e. The Balaban J connectivity index is 2.01. The summed E-state index contributed by atoms with van der Waals surface area (Å²) in [6.07, 6.45) is 1.20. The Morgan fingerprint density at radius 3 is 2.90 bits per heavy atom. The Labute approximate surface area is 124 Å². The topological polar surface area (TPSA) is 76.7 Å². The van der Waals surface area contributed by atoms with Crippen molar-refractivity contribution in [3.05, 3.63) is 28.2 Å². The molecule has 6 nitrogen and oxygen atoms in total. The van der Waals surface area contributed by atoms with Crippen LogP contribution >= 0.6 is 15.9 Å². The lowest BCUT2D eigenvalue weighted by molar-refractivity contribution is -0.129. The van der Waals surface area contributed by atoms with E-state index in [0.717, 1.165) is 17.3 Å². The number of hydrogen-bond donors (Lipinski definition) is 2. The predicted octanol–water partition coefficient (Wildman–Crippen LogP) is 1.86. The maximum atomic E-state index is 11.8. The van der Waals surface area contributed by atoms with E-state index in [9.17, 15) is 9.59 Å². The number of hydrogen-bond acceptors (Lipinski definition) is 5. The van der Waals surface area contributed by atoms with Crippen LogP contribution < -0.4 is 10.9 Å². The van der Waals surface area contributed by atoms with Crippen LogP contribution in [0, 0.1) is 0 Å². The quantitative estimate of drug-likeness (QED) is 0.645. The van der Waals surface area contributed by atoms with Crippen LogP contribution in [0.1, 0.15) is 23.2 Å². The van der Waals surface area contributed by atoms with Crippen LogP contribution in [0.5, 0.6) is 0 Å². The van der Waals surface area contributed by atoms with Gasteiger partial charge in [0.25, 0.3) is 5.91 Å². The van der Waals surface area contributed by atoms with E-state index in [1.54, 1.807) is 18.2 Å². The second-order valence-electron chi connectivity index (χ2n) is 4.30. The summed E-state index contributed by atoms with van der Waals surface area (Å²) in [5.41, 5.74) is 6.31. The van der Waals surface area contributed by atoms with Gasteiger partial charge in [0, 0.05) is 11.1 Å². The smallest absolute Gasteiger partial charge is 0.337 e. The van der Waals surface area contributed by atoms with Crippen LogP contribution in [0.2, 0.25) is 0 Å². The van der Waals surface area contributed by atoms with Gasteiger partial charge in [-0.2, -0.15) is 0 Å². The van der Waals surface area contributed by atoms with Crippen molar-refractivity contribution in [3.63, 3.8) is 0 Å². The van der Waals surface area contributed by atoms with Gasteiger partial charge in [0.2, 0.25) is 0 Å². The van der Waals surface area contributed by atoms with Crippen molar-refractivity contribution in [3.8, 4) is 0 Å². The highest BCUT2D eigenvalue weighted by Crippen LogP contribution is 2.23. The Hall–Kier alpha value is -1.60. The number of rotatable bonds is 4. The number of nitrogens with one attached hydrogen (secondary N) is 2. The van der Waals surface area contributed by atoms with E-state index in [2.05, 4.69) is 31.5 Å². The van der Waals surface area contributed by atoms with E-state index in [4.69, 9.17) is 4.74 Å². The molecule has 1 saturated heterocycles. The lowest BCUT2D eigenvalue weighted by Crippen LogP contribution is -2.38. The monoisotopic (exact) mass is 342 g/mol. The fraction of sp³-hybridized carbons (Fsp3) is 0.385. The van der Waals surface area contributed by atoms with E-state index in [0.29, 0.717) is 17.9 Å². The highest BCUT2D eigenvalue weighted by Gasteiger charge is 2.23. The van der Waals surface area contributed by atoms with Crippen molar-refractivity contribution in [2.75, 3.05) is 19.1 Å². The summed E-state index contributed by atoms with van der Waals surface area (Å²) in [5, 5.41) is 0. The molecule has 1 fully saturated rings.